The van der Waals surface area contributed by atoms with Gasteiger partial charge in [0, 0.05) is 6.42 Å². The van der Waals surface area contributed by atoms with Crippen LogP contribution in [0.15, 0.2) is 0 Å². The molecule has 1 unspecified atom stereocenters. The summed E-state index contributed by atoms with van der Waals surface area (Å²) in [5, 5.41) is 17.4. The van der Waals surface area contributed by atoms with Crippen molar-refractivity contribution in [1.29, 1.82) is 0 Å². The van der Waals surface area contributed by atoms with Crippen molar-refractivity contribution in [2.75, 3.05) is 19.8 Å². The van der Waals surface area contributed by atoms with Gasteiger partial charge in [-0.1, -0.05) is 32.6 Å². The highest BCUT2D eigenvalue weighted by molar-refractivity contribution is 5.85. The van der Waals surface area contributed by atoms with Crippen molar-refractivity contribution >= 4 is 11.9 Å². The number of carbonyl (C=O) groups is 2. The summed E-state index contributed by atoms with van der Waals surface area (Å²) >= 11 is 0. The number of ether oxygens (including phenoxy) is 2. The van der Waals surface area contributed by atoms with Crippen LogP contribution in [0.4, 0.5) is 0 Å². The molecule has 0 saturated carbocycles. The molecule has 0 aliphatic heterocycles. The average Bonchev–Trinajstić information content (AvgIpc) is 2.38. The van der Waals surface area contributed by atoms with Gasteiger partial charge in [-0.05, 0) is 6.42 Å². The number of aliphatic hydroxyl groups excluding tert-OH is 2. The molecule has 0 amide bonds. The Morgan fingerprint density at radius 1 is 1.11 bits per heavy atom. The lowest BCUT2D eigenvalue weighted by Crippen LogP contribution is -2.23. The predicted molar refractivity (Wildman–Crippen MR) is 68.4 cm³/mol. The quantitative estimate of drug-likeness (QED) is 0.329. The van der Waals surface area contributed by atoms with Gasteiger partial charge in [0.05, 0.1) is 13.2 Å². The Morgan fingerprint density at radius 3 is 2.42 bits per heavy atom. The maximum absolute atomic E-state index is 11.3. The van der Waals surface area contributed by atoms with Gasteiger partial charge in [-0.25, -0.2) is 4.79 Å². The van der Waals surface area contributed by atoms with Gasteiger partial charge < -0.3 is 19.7 Å². The number of aliphatic hydroxyl groups is 2. The Morgan fingerprint density at radius 2 is 1.79 bits per heavy atom. The molecule has 0 radical (unpaired) electrons. The summed E-state index contributed by atoms with van der Waals surface area (Å²) in [5.41, 5.74) is 0. The lowest BCUT2D eigenvalue weighted by Gasteiger charge is -2.07. The van der Waals surface area contributed by atoms with E-state index in [9.17, 15) is 9.59 Å². The number of esters is 2. The number of carbonyl (C=O) groups excluding carboxylic acids is 2. The first-order valence-electron chi connectivity index (χ1n) is 6.70. The summed E-state index contributed by atoms with van der Waals surface area (Å²) in [6.45, 7) is 1.10. The first kappa shape index (κ1) is 18.0. The van der Waals surface area contributed by atoms with Crippen molar-refractivity contribution in [2.45, 2.75) is 51.6 Å². The first-order valence-corrected chi connectivity index (χ1v) is 6.70. The molecule has 0 rings (SSSR count). The van der Waals surface area contributed by atoms with Crippen molar-refractivity contribution < 1.29 is 29.3 Å². The predicted octanol–water partition coefficient (Wildman–Crippen LogP) is 0.787. The highest BCUT2D eigenvalue weighted by Gasteiger charge is 2.11. The van der Waals surface area contributed by atoms with E-state index < -0.39 is 31.3 Å². The fourth-order valence-electron chi connectivity index (χ4n) is 1.41. The van der Waals surface area contributed by atoms with Crippen LogP contribution < -0.4 is 0 Å². The summed E-state index contributed by atoms with van der Waals surface area (Å²) < 4.78 is 9.30. The average molecular weight is 276 g/mol. The summed E-state index contributed by atoms with van der Waals surface area (Å²) in [7, 11) is 0. The normalized spacial score (nSPS) is 12.2. The fraction of sp³-hybridized carbons (Fsp3) is 0.846. The largest absolute Gasteiger partial charge is 0.394 e. The van der Waals surface area contributed by atoms with E-state index >= 15 is 0 Å². The minimum Gasteiger partial charge on any atom is -0.394 e. The number of rotatable bonds is 11. The number of hydrogen-bond acceptors (Lipinski definition) is 6. The molecule has 2 N–H and O–H groups in total. The van der Waals surface area contributed by atoms with Gasteiger partial charge in [-0.15, -0.1) is 0 Å². The standard InChI is InChI=1S/C13H24O6/c1-2-3-4-5-6-7-12(16)19-13(17)10-18-9-11(15)8-14/h11,14-15H,2-10H2,1H3. The third-order valence-corrected chi connectivity index (χ3v) is 2.45. The van der Waals surface area contributed by atoms with E-state index in [0.29, 0.717) is 0 Å². The van der Waals surface area contributed by atoms with Crippen LogP contribution in [0, 0.1) is 0 Å². The first-order chi connectivity index (χ1) is 9.10. The number of hydrogen-bond donors (Lipinski definition) is 2. The topological polar surface area (TPSA) is 93.1 Å². The van der Waals surface area contributed by atoms with E-state index in [1.54, 1.807) is 0 Å². The van der Waals surface area contributed by atoms with E-state index in [1.807, 2.05) is 0 Å². The minimum atomic E-state index is -1.03. The monoisotopic (exact) mass is 276 g/mol. The molecule has 0 spiro atoms. The van der Waals surface area contributed by atoms with Gasteiger partial charge in [0.2, 0.25) is 0 Å². The second kappa shape index (κ2) is 12.1. The molecule has 1 atom stereocenters. The molecule has 112 valence electrons. The summed E-state index contributed by atoms with van der Waals surface area (Å²) in [6.07, 6.45) is 4.25. The second-order valence-corrected chi connectivity index (χ2v) is 4.36. The molecule has 0 bridgehead atoms. The molecule has 0 aliphatic rings. The molecule has 0 aromatic heterocycles. The van der Waals surface area contributed by atoms with Gasteiger partial charge in [-0.3, -0.25) is 4.79 Å². The SMILES string of the molecule is CCCCCCCC(=O)OC(=O)COCC(O)CO. The molecule has 0 aliphatic carbocycles. The molecular formula is C13H24O6. The van der Waals surface area contributed by atoms with Gasteiger partial charge in [0.25, 0.3) is 0 Å². The molecule has 0 saturated heterocycles. The highest BCUT2D eigenvalue weighted by atomic mass is 16.6. The zero-order chi connectivity index (χ0) is 14.5. The van der Waals surface area contributed by atoms with Crippen LogP contribution >= 0.6 is 0 Å². The fourth-order valence-corrected chi connectivity index (χ4v) is 1.41. The van der Waals surface area contributed by atoms with Crippen molar-refractivity contribution in [1.82, 2.24) is 0 Å². The van der Waals surface area contributed by atoms with Gasteiger partial charge >= 0.3 is 11.9 Å². The highest BCUT2D eigenvalue weighted by Crippen LogP contribution is 2.05. The third kappa shape index (κ3) is 11.8. The van der Waals surface area contributed by atoms with Crippen LogP contribution in [-0.4, -0.2) is 48.1 Å². The summed E-state index contributed by atoms with van der Waals surface area (Å²) in [4.78, 5) is 22.4. The molecular weight excluding hydrogens is 252 g/mol. The van der Waals surface area contributed by atoms with Crippen LogP contribution in [0.25, 0.3) is 0 Å². The Kier molecular flexibility index (Phi) is 11.5. The lowest BCUT2D eigenvalue weighted by atomic mass is 10.1. The van der Waals surface area contributed by atoms with Crippen LogP contribution in [-0.2, 0) is 19.1 Å². The maximum atomic E-state index is 11.3. The molecule has 0 heterocycles. The van der Waals surface area contributed by atoms with Gasteiger partial charge in [0.15, 0.2) is 0 Å². The van der Waals surface area contributed by atoms with E-state index in [1.165, 1.54) is 0 Å². The molecule has 0 fully saturated rings. The molecule has 0 aromatic carbocycles. The number of unbranched alkanes of at least 4 members (excludes halogenated alkanes) is 4. The van der Waals surface area contributed by atoms with Gasteiger partial charge in [-0.2, -0.15) is 0 Å². The molecule has 0 aromatic rings. The van der Waals surface area contributed by atoms with E-state index in [2.05, 4.69) is 11.7 Å². The Hall–Kier alpha value is -0.980. The Balaban J connectivity index is 3.50. The Bertz CT molecular complexity index is 254. The minimum absolute atomic E-state index is 0.170. The zero-order valence-electron chi connectivity index (χ0n) is 11.5. The van der Waals surface area contributed by atoms with Crippen LogP contribution in [0.3, 0.4) is 0 Å². The van der Waals surface area contributed by atoms with Crippen LogP contribution in [0.2, 0.25) is 0 Å². The molecule has 6 nitrogen and oxygen atoms in total. The second-order valence-electron chi connectivity index (χ2n) is 4.36. The van der Waals surface area contributed by atoms with E-state index in [0.717, 1.165) is 32.1 Å². The van der Waals surface area contributed by atoms with Crippen molar-refractivity contribution in [2.24, 2.45) is 0 Å². The molecule has 6 heteroatoms. The third-order valence-electron chi connectivity index (χ3n) is 2.45. The maximum Gasteiger partial charge on any atom is 0.339 e. The Labute approximate surface area is 113 Å². The lowest BCUT2D eigenvalue weighted by molar-refractivity contribution is -0.163. The van der Waals surface area contributed by atoms with Crippen molar-refractivity contribution in [3.8, 4) is 0 Å². The van der Waals surface area contributed by atoms with Crippen molar-refractivity contribution in [3.63, 3.8) is 0 Å². The smallest absolute Gasteiger partial charge is 0.339 e. The van der Waals surface area contributed by atoms with Gasteiger partial charge in [0.1, 0.15) is 12.7 Å². The van der Waals surface area contributed by atoms with Crippen LogP contribution in [0.1, 0.15) is 45.4 Å². The molecule has 19 heavy (non-hydrogen) atoms. The van der Waals surface area contributed by atoms with Crippen molar-refractivity contribution in [3.05, 3.63) is 0 Å². The van der Waals surface area contributed by atoms with E-state index in [-0.39, 0.29) is 13.0 Å². The summed E-state index contributed by atoms with van der Waals surface area (Å²) in [6, 6.07) is 0. The zero-order valence-corrected chi connectivity index (χ0v) is 11.5. The summed E-state index contributed by atoms with van der Waals surface area (Å²) in [5.74, 6) is -1.32. The van der Waals surface area contributed by atoms with E-state index in [4.69, 9.17) is 14.9 Å². The van der Waals surface area contributed by atoms with Crippen LogP contribution in [0.5, 0.6) is 0 Å².